The lowest BCUT2D eigenvalue weighted by Gasteiger charge is -2.15. The van der Waals surface area contributed by atoms with Crippen molar-refractivity contribution in [2.75, 3.05) is 13.2 Å². The molecule has 0 aliphatic heterocycles. The van der Waals surface area contributed by atoms with Crippen molar-refractivity contribution in [3.05, 3.63) is 36.5 Å². The maximum absolute atomic E-state index is 12.4. The van der Waals surface area contributed by atoms with E-state index in [0.717, 1.165) is 44.9 Å². The van der Waals surface area contributed by atoms with Crippen LogP contribution in [0.15, 0.2) is 36.5 Å². The third-order valence-electron chi connectivity index (χ3n) is 15.4. The van der Waals surface area contributed by atoms with Crippen LogP contribution in [0.25, 0.3) is 0 Å². The lowest BCUT2D eigenvalue weighted by molar-refractivity contribution is -0.161. The number of hydrogen-bond donors (Lipinski definition) is 1. The second-order valence-electron chi connectivity index (χ2n) is 22.9. The number of unbranched alkanes of at least 4 members (excludes halogenated alkanes) is 49. The molecule has 0 radical (unpaired) electrons. The first-order valence-corrected chi connectivity index (χ1v) is 33.5. The Morgan fingerprint density at radius 1 is 0.311 bits per heavy atom. The molecule has 0 heterocycles. The average molecular weight is 1040 g/mol. The molecule has 0 aliphatic carbocycles. The minimum absolute atomic E-state index is 0.0597. The van der Waals surface area contributed by atoms with Crippen LogP contribution in [0.3, 0.4) is 0 Å². The quantitative estimate of drug-likeness (QED) is 0.0373. The number of rotatable bonds is 63. The molecule has 0 aromatic rings. The molecule has 1 N–H and O–H groups in total. The predicted octanol–water partition coefficient (Wildman–Crippen LogP) is 23.0. The van der Waals surface area contributed by atoms with E-state index >= 15 is 0 Å². The first kappa shape index (κ1) is 72.1. The summed E-state index contributed by atoms with van der Waals surface area (Å²) < 4.78 is 10.8. The molecule has 436 valence electrons. The van der Waals surface area contributed by atoms with Gasteiger partial charge in [-0.2, -0.15) is 0 Å². The smallest absolute Gasteiger partial charge is 0.306 e. The van der Waals surface area contributed by atoms with Crippen LogP contribution in [-0.4, -0.2) is 36.4 Å². The Morgan fingerprint density at radius 2 is 0.541 bits per heavy atom. The summed E-state index contributed by atoms with van der Waals surface area (Å²) in [7, 11) is 0. The summed E-state index contributed by atoms with van der Waals surface area (Å²) in [5, 5.41) is 9.69. The molecular weight excluding hydrogens is 909 g/mol. The van der Waals surface area contributed by atoms with Crippen LogP contribution in [0.5, 0.6) is 0 Å². The Labute approximate surface area is 463 Å². The average Bonchev–Trinajstić information content (AvgIpc) is 3.40. The van der Waals surface area contributed by atoms with Crippen LogP contribution in [0, 0.1) is 0 Å². The molecule has 1 unspecified atom stereocenters. The zero-order valence-corrected chi connectivity index (χ0v) is 50.1. The number of hydrogen-bond acceptors (Lipinski definition) is 5. The van der Waals surface area contributed by atoms with E-state index in [4.69, 9.17) is 9.47 Å². The number of esters is 2. The highest BCUT2D eigenvalue weighted by Crippen LogP contribution is 2.19. The summed E-state index contributed by atoms with van der Waals surface area (Å²) in [6.45, 7) is 4.19. The van der Waals surface area contributed by atoms with Crippen molar-refractivity contribution >= 4 is 11.9 Å². The van der Waals surface area contributed by atoms with Gasteiger partial charge in [-0.15, -0.1) is 0 Å². The van der Waals surface area contributed by atoms with E-state index in [1.165, 1.54) is 302 Å². The number of carbonyl (C=O) groups is 2. The first-order valence-electron chi connectivity index (χ1n) is 33.5. The topological polar surface area (TPSA) is 72.8 Å². The lowest BCUT2D eigenvalue weighted by atomic mass is 10.0. The van der Waals surface area contributed by atoms with Crippen LogP contribution in [-0.2, 0) is 19.1 Å². The third kappa shape index (κ3) is 62.7. The molecule has 0 saturated heterocycles. The summed E-state index contributed by atoms with van der Waals surface area (Å²) in [6.07, 6.45) is 86.0. The molecule has 0 aliphatic rings. The van der Waals surface area contributed by atoms with Crippen molar-refractivity contribution in [1.82, 2.24) is 0 Å². The summed E-state index contributed by atoms with van der Waals surface area (Å²) in [4.78, 5) is 24.6. The zero-order valence-electron chi connectivity index (χ0n) is 50.1. The van der Waals surface area contributed by atoms with Gasteiger partial charge in [-0.05, 0) is 51.4 Å². The normalized spacial score (nSPS) is 12.3. The second-order valence-corrected chi connectivity index (χ2v) is 22.9. The molecule has 0 saturated carbocycles. The number of aliphatic hydroxyl groups excluding tert-OH is 1. The predicted molar refractivity (Wildman–Crippen MR) is 325 cm³/mol. The maximum atomic E-state index is 12.4. The molecule has 74 heavy (non-hydrogen) atoms. The fourth-order valence-electron chi connectivity index (χ4n) is 10.4. The molecule has 0 bridgehead atoms. The van der Waals surface area contributed by atoms with E-state index in [9.17, 15) is 14.7 Å². The minimum Gasteiger partial charge on any atom is -0.462 e. The summed E-state index contributed by atoms with van der Waals surface area (Å²) in [5.74, 6) is -0.568. The molecule has 5 nitrogen and oxygen atoms in total. The molecule has 5 heteroatoms. The highest BCUT2D eigenvalue weighted by molar-refractivity contribution is 5.70. The third-order valence-corrected chi connectivity index (χ3v) is 15.4. The molecule has 1 atom stereocenters. The monoisotopic (exact) mass is 1040 g/mol. The number of carbonyl (C=O) groups excluding carboxylic acids is 2. The van der Waals surface area contributed by atoms with E-state index in [2.05, 4.69) is 50.3 Å². The maximum Gasteiger partial charge on any atom is 0.306 e. The van der Waals surface area contributed by atoms with Crippen LogP contribution in [0.1, 0.15) is 373 Å². The fraction of sp³-hybridized carbons (Fsp3) is 0.884. The van der Waals surface area contributed by atoms with E-state index < -0.39 is 6.10 Å². The van der Waals surface area contributed by atoms with Gasteiger partial charge in [0.15, 0.2) is 6.10 Å². The number of ether oxygens (including phenoxy) is 2. The largest absolute Gasteiger partial charge is 0.462 e. The molecule has 0 amide bonds. The van der Waals surface area contributed by atoms with Gasteiger partial charge in [0.1, 0.15) is 6.61 Å². The summed E-state index contributed by atoms with van der Waals surface area (Å²) >= 11 is 0. The van der Waals surface area contributed by atoms with Gasteiger partial charge in [-0.3, -0.25) is 9.59 Å². The van der Waals surface area contributed by atoms with Crippen LogP contribution < -0.4 is 0 Å². The number of aliphatic hydroxyl groups is 1. The molecule has 0 aromatic carbocycles. The fourth-order valence-corrected chi connectivity index (χ4v) is 10.4. The molecular formula is C69H130O5. The Kier molecular flexibility index (Phi) is 63.7. The summed E-state index contributed by atoms with van der Waals surface area (Å²) in [5.41, 5.74) is 0. The zero-order chi connectivity index (χ0) is 53.4. The van der Waals surface area contributed by atoms with Crippen molar-refractivity contribution in [3.8, 4) is 0 Å². The second kappa shape index (κ2) is 65.4. The van der Waals surface area contributed by atoms with Gasteiger partial charge < -0.3 is 14.6 Å². The SMILES string of the molecule is CCCCCCC/C=C\C/C=C\C/C=C\CCCCCCCCCCCCCCCCCCC(=O)OC(CO)COC(=O)CCCCCCCCCCCCCCCCCCCCCCCCCCCCCCC. The van der Waals surface area contributed by atoms with Crippen molar-refractivity contribution in [2.45, 2.75) is 380 Å². The van der Waals surface area contributed by atoms with Gasteiger partial charge in [0.25, 0.3) is 0 Å². The van der Waals surface area contributed by atoms with Gasteiger partial charge in [0.2, 0.25) is 0 Å². The number of allylic oxidation sites excluding steroid dienone is 6. The Morgan fingerprint density at radius 3 is 0.811 bits per heavy atom. The van der Waals surface area contributed by atoms with Crippen molar-refractivity contribution < 1.29 is 24.2 Å². The van der Waals surface area contributed by atoms with Crippen molar-refractivity contribution in [3.63, 3.8) is 0 Å². The summed E-state index contributed by atoms with van der Waals surface area (Å²) in [6, 6.07) is 0. The van der Waals surface area contributed by atoms with Crippen molar-refractivity contribution in [2.24, 2.45) is 0 Å². The highest BCUT2D eigenvalue weighted by Gasteiger charge is 2.16. The van der Waals surface area contributed by atoms with E-state index in [0.29, 0.717) is 12.8 Å². The van der Waals surface area contributed by atoms with Crippen molar-refractivity contribution in [1.29, 1.82) is 0 Å². The Hall–Kier alpha value is -1.88. The van der Waals surface area contributed by atoms with Gasteiger partial charge in [0.05, 0.1) is 6.61 Å². The molecule has 0 rings (SSSR count). The van der Waals surface area contributed by atoms with E-state index in [1.807, 2.05) is 0 Å². The first-order chi connectivity index (χ1) is 36.6. The Bertz CT molecular complexity index is 1170. The lowest BCUT2D eigenvalue weighted by Crippen LogP contribution is -2.28. The van der Waals surface area contributed by atoms with Crippen LogP contribution >= 0.6 is 0 Å². The molecule has 0 spiro atoms. The molecule has 0 fully saturated rings. The Balaban J connectivity index is 3.40. The standard InChI is InChI=1S/C69H130O5/c1-3-5-7-9-11-13-15-17-19-21-23-25-27-29-31-33-34-36-38-40-42-44-46-48-50-52-54-56-58-60-62-64-69(72)74-67(65-70)66-73-68(71)63-61-59-57-55-53-51-49-47-45-43-41-39-37-35-32-30-28-26-24-22-20-18-16-14-12-10-8-6-4-2/h15,17,21,23,27,29,67,70H,3-14,16,18-20,22,24-26,28,30-66H2,1-2H3/b17-15-,23-21-,29-27-. The van der Waals surface area contributed by atoms with Crippen LogP contribution in [0.4, 0.5) is 0 Å². The van der Waals surface area contributed by atoms with Gasteiger partial charge >= 0.3 is 11.9 Å². The highest BCUT2D eigenvalue weighted by atomic mass is 16.6. The van der Waals surface area contributed by atoms with Gasteiger partial charge in [-0.1, -0.05) is 346 Å². The van der Waals surface area contributed by atoms with E-state index in [-0.39, 0.29) is 25.2 Å². The van der Waals surface area contributed by atoms with Gasteiger partial charge in [0, 0.05) is 12.8 Å². The minimum atomic E-state index is -0.770. The van der Waals surface area contributed by atoms with E-state index in [1.54, 1.807) is 0 Å². The van der Waals surface area contributed by atoms with Gasteiger partial charge in [-0.25, -0.2) is 0 Å². The van der Waals surface area contributed by atoms with Crippen LogP contribution in [0.2, 0.25) is 0 Å². The molecule has 0 aromatic heterocycles.